The fourth-order valence-corrected chi connectivity index (χ4v) is 4.13. The highest BCUT2D eigenvalue weighted by molar-refractivity contribution is 5.91. The van der Waals surface area contributed by atoms with Crippen LogP contribution in [0, 0.1) is 0 Å². The molecule has 1 aromatic carbocycles. The van der Waals surface area contributed by atoms with Gasteiger partial charge in [0.05, 0.1) is 30.8 Å². The van der Waals surface area contributed by atoms with E-state index in [1.54, 1.807) is 24.3 Å². The van der Waals surface area contributed by atoms with E-state index in [9.17, 15) is 4.79 Å². The molecule has 2 aromatic heterocycles. The van der Waals surface area contributed by atoms with Gasteiger partial charge < -0.3 is 14.5 Å². The number of amides is 1. The maximum Gasteiger partial charge on any atom is 0.291 e. The molecule has 7 nitrogen and oxygen atoms in total. The maximum atomic E-state index is 12.8. The van der Waals surface area contributed by atoms with Crippen molar-refractivity contribution in [2.24, 2.45) is 0 Å². The molecule has 1 saturated heterocycles. The first-order chi connectivity index (χ1) is 15.7. The van der Waals surface area contributed by atoms with Crippen molar-refractivity contribution < 1.29 is 9.53 Å². The van der Waals surface area contributed by atoms with Crippen LogP contribution in [-0.2, 0) is 17.7 Å². The van der Waals surface area contributed by atoms with Crippen LogP contribution in [0.4, 0.5) is 5.69 Å². The van der Waals surface area contributed by atoms with Gasteiger partial charge in [-0.2, -0.15) is 0 Å². The van der Waals surface area contributed by atoms with Gasteiger partial charge in [0.1, 0.15) is 0 Å². The number of carbonyl (C=O) groups is 1. The Morgan fingerprint density at radius 1 is 1.06 bits per heavy atom. The minimum absolute atomic E-state index is 0.197. The van der Waals surface area contributed by atoms with Crippen molar-refractivity contribution in [3.8, 4) is 0 Å². The Balaban J connectivity index is 1.32. The van der Waals surface area contributed by atoms with Gasteiger partial charge in [-0.25, -0.2) is 9.97 Å². The molecule has 5 rings (SSSR count). The van der Waals surface area contributed by atoms with E-state index < -0.39 is 0 Å². The molecule has 1 aliphatic carbocycles. The molecule has 3 heterocycles. The molecule has 1 aliphatic heterocycles. The van der Waals surface area contributed by atoms with Gasteiger partial charge in [0.25, 0.3) is 5.91 Å². The lowest BCUT2D eigenvalue weighted by atomic mass is 10.0. The van der Waals surface area contributed by atoms with Gasteiger partial charge in [0.15, 0.2) is 0 Å². The Labute approximate surface area is 187 Å². The van der Waals surface area contributed by atoms with E-state index in [-0.39, 0.29) is 11.7 Å². The van der Waals surface area contributed by atoms with Crippen LogP contribution in [0.5, 0.6) is 0 Å². The van der Waals surface area contributed by atoms with Crippen LogP contribution in [0.1, 0.15) is 33.0 Å². The average molecular weight is 428 g/mol. The van der Waals surface area contributed by atoms with Gasteiger partial charge in [-0.3, -0.25) is 9.78 Å². The van der Waals surface area contributed by atoms with Gasteiger partial charge >= 0.3 is 0 Å². The van der Waals surface area contributed by atoms with Crippen LogP contribution < -0.4 is 4.90 Å². The monoisotopic (exact) mass is 427 g/mol. The van der Waals surface area contributed by atoms with E-state index in [1.807, 2.05) is 36.5 Å². The molecular weight excluding hydrogens is 402 g/mol. The summed E-state index contributed by atoms with van der Waals surface area (Å²) in [4.78, 5) is 30.1. The second kappa shape index (κ2) is 8.88. The van der Waals surface area contributed by atoms with E-state index in [4.69, 9.17) is 4.74 Å². The molecule has 0 N–H and O–H groups in total. The van der Waals surface area contributed by atoms with E-state index in [2.05, 4.69) is 32.0 Å². The first kappa shape index (κ1) is 20.3. The van der Waals surface area contributed by atoms with E-state index in [0.717, 1.165) is 66.4 Å². The molecule has 1 amide bonds. The molecule has 0 unspecified atom stereocenters. The number of benzene rings is 1. The fraction of sp³-hybridized carbons (Fsp3) is 0.280. The molecular formula is C25H25N5O2. The Hall–Kier alpha value is -3.58. The van der Waals surface area contributed by atoms with Gasteiger partial charge in [0.2, 0.25) is 5.82 Å². The highest BCUT2D eigenvalue weighted by Gasteiger charge is 2.22. The highest BCUT2D eigenvalue weighted by Crippen LogP contribution is 2.33. The number of morpholine rings is 1. The van der Waals surface area contributed by atoms with Crippen LogP contribution in [0.25, 0.3) is 5.57 Å². The summed E-state index contributed by atoms with van der Waals surface area (Å²) in [6.07, 6.45) is 8.36. The Morgan fingerprint density at radius 3 is 2.56 bits per heavy atom. The Bertz CT molecular complexity index is 1140. The summed E-state index contributed by atoms with van der Waals surface area (Å²) in [7, 11) is 1.77. The van der Waals surface area contributed by atoms with Gasteiger partial charge in [-0.05, 0) is 17.2 Å². The number of allylic oxidation sites excluding steroid dienone is 1. The lowest BCUT2D eigenvalue weighted by Gasteiger charge is -2.29. The van der Waals surface area contributed by atoms with Crippen molar-refractivity contribution in [2.75, 3.05) is 38.3 Å². The molecule has 3 aromatic rings. The van der Waals surface area contributed by atoms with Gasteiger partial charge in [-0.15, -0.1) is 0 Å². The first-order valence-corrected chi connectivity index (χ1v) is 10.8. The normalized spacial score (nSPS) is 15.3. The molecule has 2 aliphatic rings. The van der Waals surface area contributed by atoms with Crippen molar-refractivity contribution in [3.05, 3.63) is 89.3 Å². The van der Waals surface area contributed by atoms with Gasteiger partial charge in [-0.1, -0.05) is 36.4 Å². The van der Waals surface area contributed by atoms with E-state index in [1.165, 1.54) is 0 Å². The number of fused-ring (bicyclic) bond motifs is 1. The Kier molecular flexibility index (Phi) is 5.64. The number of aromatic nitrogens is 3. The summed E-state index contributed by atoms with van der Waals surface area (Å²) >= 11 is 0. The largest absolute Gasteiger partial charge is 0.378 e. The van der Waals surface area contributed by atoms with E-state index >= 15 is 0 Å². The number of hydrogen-bond acceptors (Lipinski definition) is 6. The lowest BCUT2D eigenvalue weighted by Crippen LogP contribution is -2.36. The zero-order valence-electron chi connectivity index (χ0n) is 18.1. The third kappa shape index (κ3) is 4.11. The summed E-state index contributed by atoms with van der Waals surface area (Å²) in [5, 5.41) is 0. The zero-order chi connectivity index (χ0) is 21.9. The smallest absolute Gasteiger partial charge is 0.291 e. The number of ether oxygens (including phenoxy) is 1. The van der Waals surface area contributed by atoms with Gasteiger partial charge in [0, 0.05) is 56.6 Å². The summed E-state index contributed by atoms with van der Waals surface area (Å²) < 4.78 is 5.46. The summed E-state index contributed by atoms with van der Waals surface area (Å²) in [5.41, 5.74) is 6.30. The van der Waals surface area contributed by atoms with Crippen molar-refractivity contribution in [1.29, 1.82) is 0 Å². The predicted octanol–water partition coefficient (Wildman–Crippen LogP) is 2.97. The first-order valence-electron chi connectivity index (χ1n) is 10.8. The van der Waals surface area contributed by atoms with Crippen molar-refractivity contribution in [3.63, 3.8) is 0 Å². The van der Waals surface area contributed by atoms with Crippen LogP contribution >= 0.6 is 0 Å². The standard InChI is InChI=1S/C25H25N5O2/c1-29(17-18-5-3-2-4-6-18)25(31)24-27-14-19(15-28-24)21-7-8-23-22(21)13-20(16-26-23)30-9-11-32-12-10-30/h2-7,13-16H,8-12,17H2,1H3. The number of carbonyl (C=O) groups excluding carboxylic acids is 1. The second-order valence-electron chi connectivity index (χ2n) is 8.05. The van der Waals surface area contributed by atoms with E-state index in [0.29, 0.717) is 6.54 Å². The van der Waals surface area contributed by atoms with Crippen molar-refractivity contribution >= 4 is 17.2 Å². The summed E-state index contributed by atoms with van der Waals surface area (Å²) in [6, 6.07) is 12.1. The number of pyridine rings is 1. The lowest BCUT2D eigenvalue weighted by molar-refractivity contribution is 0.0773. The molecule has 162 valence electrons. The average Bonchev–Trinajstić information content (AvgIpc) is 3.28. The van der Waals surface area contributed by atoms with Crippen LogP contribution in [0.2, 0.25) is 0 Å². The molecule has 0 atom stereocenters. The molecule has 0 spiro atoms. The highest BCUT2D eigenvalue weighted by atomic mass is 16.5. The summed E-state index contributed by atoms with van der Waals surface area (Å²) in [6.45, 7) is 3.73. The molecule has 7 heteroatoms. The topological polar surface area (TPSA) is 71.5 Å². The van der Waals surface area contributed by atoms with Crippen molar-refractivity contribution in [2.45, 2.75) is 13.0 Å². The minimum Gasteiger partial charge on any atom is -0.378 e. The number of anilines is 1. The van der Waals surface area contributed by atoms with Crippen LogP contribution in [0.3, 0.4) is 0 Å². The Morgan fingerprint density at radius 2 is 1.81 bits per heavy atom. The number of hydrogen-bond donors (Lipinski definition) is 0. The third-order valence-electron chi connectivity index (χ3n) is 5.89. The van der Waals surface area contributed by atoms with Crippen LogP contribution in [0.15, 0.2) is 61.1 Å². The third-order valence-corrected chi connectivity index (χ3v) is 5.89. The second-order valence-corrected chi connectivity index (χ2v) is 8.05. The molecule has 0 bridgehead atoms. The summed E-state index contributed by atoms with van der Waals surface area (Å²) in [5.74, 6) is 0.00340. The molecule has 0 saturated carbocycles. The molecule has 0 radical (unpaired) electrons. The fourth-order valence-electron chi connectivity index (χ4n) is 4.13. The molecule has 1 fully saturated rings. The van der Waals surface area contributed by atoms with Crippen molar-refractivity contribution in [1.82, 2.24) is 19.9 Å². The van der Waals surface area contributed by atoms with Crippen LogP contribution in [-0.4, -0.2) is 59.1 Å². The SMILES string of the molecule is CN(Cc1ccccc1)C(=O)c1ncc(C2=CCc3ncc(N4CCOCC4)cc32)cn1. The zero-order valence-corrected chi connectivity index (χ0v) is 18.1. The predicted molar refractivity (Wildman–Crippen MR) is 122 cm³/mol. The quantitative estimate of drug-likeness (QED) is 0.624. The molecule has 32 heavy (non-hydrogen) atoms. The minimum atomic E-state index is -0.197. The number of nitrogens with zero attached hydrogens (tertiary/aromatic N) is 5. The maximum absolute atomic E-state index is 12.8. The number of rotatable bonds is 5.